The Morgan fingerprint density at radius 2 is 1.77 bits per heavy atom. The summed E-state index contributed by atoms with van der Waals surface area (Å²) in [6.07, 6.45) is 2.14. The van der Waals surface area contributed by atoms with E-state index in [0.29, 0.717) is 17.9 Å². The van der Waals surface area contributed by atoms with Crippen molar-refractivity contribution in [3.05, 3.63) is 80.4 Å². The van der Waals surface area contributed by atoms with E-state index in [4.69, 9.17) is 4.74 Å². The molecule has 0 radical (unpaired) electrons. The van der Waals surface area contributed by atoms with Crippen molar-refractivity contribution in [1.29, 1.82) is 0 Å². The lowest BCUT2D eigenvalue weighted by atomic mass is 9.99. The largest absolute Gasteiger partial charge is 0.376 e. The summed E-state index contributed by atoms with van der Waals surface area (Å²) >= 11 is 0. The normalized spacial score (nSPS) is 19.2. The van der Waals surface area contributed by atoms with E-state index in [1.165, 1.54) is 16.8 Å². The average Bonchev–Trinajstić information content (AvgIpc) is 3.62. The maximum atomic E-state index is 13.7. The highest BCUT2D eigenvalue weighted by molar-refractivity contribution is 5.85. The molecule has 0 aliphatic carbocycles. The summed E-state index contributed by atoms with van der Waals surface area (Å²) in [5.74, 6) is 0.695. The molecular formula is C30H37N7O2. The molecule has 0 bridgehead atoms. The van der Waals surface area contributed by atoms with Gasteiger partial charge in [-0.1, -0.05) is 24.3 Å². The third-order valence-electron chi connectivity index (χ3n) is 8.36. The Kier molecular flexibility index (Phi) is 6.95. The number of H-pyrrole nitrogens is 1. The Bertz CT molecular complexity index is 1540. The number of rotatable bonds is 6. The van der Waals surface area contributed by atoms with Crippen molar-refractivity contribution < 1.29 is 4.74 Å². The lowest BCUT2D eigenvalue weighted by Crippen LogP contribution is -2.49. The van der Waals surface area contributed by atoms with Gasteiger partial charge in [0.15, 0.2) is 5.82 Å². The molecule has 2 aliphatic heterocycles. The standard InChI is InChI=1S/C30H37N7O2/c1-19-7-8-21(3)26(16-19)35-11-13-36(14-12-35)28(29-32-33-34-37(29)18-23-6-5-15-39-23)25-17-24-20(2)9-10-22(4)27(24)31-30(25)38/h7-10,16-17,23,28H,5-6,11-15,18H2,1-4H3,(H,31,38)/t23-,28-/m0/s1. The van der Waals surface area contributed by atoms with Gasteiger partial charge in [-0.05, 0) is 85.3 Å². The minimum Gasteiger partial charge on any atom is -0.376 e. The SMILES string of the molecule is Cc1ccc(C)c(N2CCN([C@@H](c3cc4c(C)ccc(C)c4[nH]c3=O)c3nnnn3C[C@@H]3CCCO3)CC2)c1. The van der Waals surface area contributed by atoms with Gasteiger partial charge < -0.3 is 14.6 Å². The zero-order chi connectivity index (χ0) is 27.1. The van der Waals surface area contributed by atoms with Crippen LogP contribution in [0.1, 0.15) is 52.5 Å². The summed E-state index contributed by atoms with van der Waals surface area (Å²) in [6, 6.07) is 12.5. The highest BCUT2D eigenvalue weighted by atomic mass is 16.5. The van der Waals surface area contributed by atoms with Crippen LogP contribution < -0.4 is 10.5 Å². The molecule has 0 unspecified atom stereocenters. The fourth-order valence-corrected chi connectivity index (χ4v) is 6.09. The van der Waals surface area contributed by atoms with Gasteiger partial charge in [0.2, 0.25) is 0 Å². The minimum absolute atomic E-state index is 0.0915. The first-order valence-corrected chi connectivity index (χ1v) is 14.0. The van der Waals surface area contributed by atoms with Crippen LogP contribution in [0.2, 0.25) is 0 Å². The quantitative estimate of drug-likeness (QED) is 0.407. The molecule has 4 aromatic rings. The van der Waals surface area contributed by atoms with Crippen molar-refractivity contribution in [3.63, 3.8) is 0 Å². The lowest BCUT2D eigenvalue weighted by molar-refractivity contribution is 0.0906. The van der Waals surface area contributed by atoms with Crippen molar-refractivity contribution in [2.24, 2.45) is 0 Å². The molecule has 204 valence electrons. The van der Waals surface area contributed by atoms with E-state index in [9.17, 15) is 4.79 Å². The first-order chi connectivity index (χ1) is 18.9. The summed E-state index contributed by atoms with van der Waals surface area (Å²) in [6.45, 7) is 13.1. The summed E-state index contributed by atoms with van der Waals surface area (Å²) in [4.78, 5) is 21.7. The molecule has 6 rings (SSSR count). The van der Waals surface area contributed by atoms with Crippen LogP contribution in [0.5, 0.6) is 0 Å². The highest BCUT2D eigenvalue weighted by Gasteiger charge is 2.34. The van der Waals surface area contributed by atoms with Crippen molar-refractivity contribution in [2.45, 2.75) is 59.2 Å². The molecular weight excluding hydrogens is 490 g/mol. The number of pyridine rings is 1. The number of benzene rings is 2. The van der Waals surface area contributed by atoms with E-state index < -0.39 is 0 Å². The van der Waals surface area contributed by atoms with E-state index in [2.05, 4.69) is 87.5 Å². The molecule has 2 atom stereocenters. The number of aryl methyl sites for hydroxylation is 4. The van der Waals surface area contributed by atoms with E-state index in [-0.39, 0.29) is 17.7 Å². The number of hydrogen-bond donors (Lipinski definition) is 1. The summed E-state index contributed by atoms with van der Waals surface area (Å²) in [5.41, 5.74) is 7.49. The molecule has 2 aromatic heterocycles. The van der Waals surface area contributed by atoms with Crippen molar-refractivity contribution >= 4 is 16.6 Å². The number of anilines is 1. The zero-order valence-corrected chi connectivity index (χ0v) is 23.3. The van der Waals surface area contributed by atoms with Crippen LogP contribution >= 0.6 is 0 Å². The molecule has 9 heteroatoms. The molecule has 2 saturated heterocycles. The zero-order valence-electron chi connectivity index (χ0n) is 23.3. The number of aromatic nitrogens is 5. The van der Waals surface area contributed by atoms with Crippen LogP contribution in [-0.2, 0) is 11.3 Å². The Labute approximate surface area is 228 Å². The fourth-order valence-electron chi connectivity index (χ4n) is 6.09. The van der Waals surface area contributed by atoms with Crippen molar-refractivity contribution in [3.8, 4) is 0 Å². The Hall–Kier alpha value is -3.56. The van der Waals surface area contributed by atoms with Gasteiger partial charge >= 0.3 is 0 Å². The second-order valence-corrected chi connectivity index (χ2v) is 11.1. The maximum absolute atomic E-state index is 13.7. The Morgan fingerprint density at radius 1 is 1.00 bits per heavy atom. The van der Waals surface area contributed by atoms with Crippen LogP contribution in [0.15, 0.2) is 41.2 Å². The van der Waals surface area contributed by atoms with Crippen LogP contribution in [0.25, 0.3) is 10.9 Å². The number of nitrogens with zero attached hydrogens (tertiary/aromatic N) is 6. The number of hydrogen-bond acceptors (Lipinski definition) is 7. The lowest BCUT2D eigenvalue weighted by Gasteiger charge is -2.40. The third kappa shape index (κ3) is 4.96. The van der Waals surface area contributed by atoms with Gasteiger partial charge in [-0.15, -0.1) is 5.10 Å². The highest BCUT2D eigenvalue weighted by Crippen LogP contribution is 2.31. The van der Waals surface area contributed by atoms with Crippen LogP contribution in [0, 0.1) is 27.7 Å². The second kappa shape index (κ2) is 10.5. The van der Waals surface area contributed by atoms with Gasteiger partial charge in [-0.2, -0.15) is 0 Å². The predicted octanol–water partition coefficient (Wildman–Crippen LogP) is 3.84. The summed E-state index contributed by atoms with van der Waals surface area (Å²) in [5, 5.41) is 14.0. The number of aromatic amines is 1. The topological polar surface area (TPSA) is 92.2 Å². The molecule has 2 fully saturated rings. The molecule has 0 saturated carbocycles. The van der Waals surface area contributed by atoms with Gasteiger partial charge in [-0.3, -0.25) is 9.69 Å². The molecule has 1 N–H and O–H groups in total. The number of piperazine rings is 1. The number of fused-ring (bicyclic) bond motifs is 1. The summed E-state index contributed by atoms with van der Waals surface area (Å²) < 4.78 is 7.75. The summed E-state index contributed by atoms with van der Waals surface area (Å²) in [7, 11) is 0. The molecule has 2 aliphatic rings. The smallest absolute Gasteiger partial charge is 0.253 e. The molecule has 9 nitrogen and oxygen atoms in total. The first-order valence-electron chi connectivity index (χ1n) is 14.0. The number of ether oxygens (including phenoxy) is 1. The van der Waals surface area contributed by atoms with E-state index >= 15 is 0 Å². The molecule has 2 aromatic carbocycles. The predicted molar refractivity (Wildman–Crippen MR) is 152 cm³/mol. The van der Waals surface area contributed by atoms with Crippen LogP contribution in [0.3, 0.4) is 0 Å². The first kappa shape index (κ1) is 25.7. The van der Waals surface area contributed by atoms with Gasteiger partial charge in [0.1, 0.15) is 6.04 Å². The van der Waals surface area contributed by atoms with Gasteiger partial charge in [0, 0.05) is 49.4 Å². The van der Waals surface area contributed by atoms with Crippen molar-refractivity contribution in [2.75, 3.05) is 37.7 Å². The Morgan fingerprint density at radius 3 is 2.54 bits per heavy atom. The van der Waals surface area contributed by atoms with Gasteiger partial charge in [-0.25, -0.2) is 4.68 Å². The van der Waals surface area contributed by atoms with E-state index in [1.807, 2.05) is 11.6 Å². The molecule has 0 spiro atoms. The molecule has 0 amide bonds. The van der Waals surface area contributed by atoms with Crippen molar-refractivity contribution in [1.82, 2.24) is 30.1 Å². The van der Waals surface area contributed by atoms with E-state index in [0.717, 1.165) is 67.7 Å². The molecule has 4 heterocycles. The molecule has 39 heavy (non-hydrogen) atoms. The van der Waals surface area contributed by atoms with Crippen LogP contribution in [-0.4, -0.2) is 69.0 Å². The number of nitrogens with one attached hydrogen (secondary N) is 1. The minimum atomic E-state index is -0.366. The Balaban J connectivity index is 1.39. The monoisotopic (exact) mass is 527 g/mol. The van der Waals surface area contributed by atoms with Gasteiger partial charge in [0.25, 0.3) is 5.56 Å². The third-order valence-corrected chi connectivity index (χ3v) is 8.36. The van der Waals surface area contributed by atoms with E-state index in [1.54, 1.807) is 0 Å². The average molecular weight is 528 g/mol. The maximum Gasteiger partial charge on any atom is 0.253 e. The van der Waals surface area contributed by atoms with Gasteiger partial charge in [0.05, 0.1) is 18.2 Å². The van der Waals surface area contributed by atoms with Crippen LogP contribution in [0.4, 0.5) is 5.69 Å². The second-order valence-electron chi connectivity index (χ2n) is 11.1. The number of tetrazole rings is 1. The fraction of sp³-hybridized carbons (Fsp3) is 0.467.